The molecule has 1 N–H and O–H groups in total. The number of carbonyl (C=O) groups is 1. The van der Waals surface area contributed by atoms with E-state index in [9.17, 15) is 4.79 Å². The Labute approximate surface area is 106 Å². The maximum atomic E-state index is 10.4. The van der Waals surface area contributed by atoms with Crippen LogP contribution in [0.1, 0.15) is 31.2 Å². The summed E-state index contributed by atoms with van der Waals surface area (Å²) in [7, 11) is 0. The van der Waals surface area contributed by atoms with Crippen molar-refractivity contribution in [1.29, 1.82) is 0 Å². The largest absolute Gasteiger partial charge is 0.481 e. The van der Waals surface area contributed by atoms with Gasteiger partial charge in [-0.3, -0.25) is 9.78 Å². The van der Waals surface area contributed by atoms with Gasteiger partial charge in [0.05, 0.1) is 0 Å². The van der Waals surface area contributed by atoms with E-state index in [0.29, 0.717) is 0 Å². The van der Waals surface area contributed by atoms with Crippen LogP contribution in [0.4, 0.5) is 0 Å². The van der Waals surface area contributed by atoms with E-state index in [4.69, 9.17) is 5.11 Å². The first-order chi connectivity index (χ1) is 8.77. The molecule has 3 heteroatoms. The van der Waals surface area contributed by atoms with Gasteiger partial charge in [0.2, 0.25) is 0 Å². The number of aryl methyl sites for hydroxylation is 1. The second kappa shape index (κ2) is 6.15. The van der Waals surface area contributed by atoms with Crippen LogP contribution in [0.15, 0.2) is 36.7 Å². The van der Waals surface area contributed by atoms with Crippen LogP contribution in [0.5, 0.6) is 0 Å². The van der Waals surface area contributed by atoms with Crippen molar-refractivity contribution < 1.29 is 9.90 Å². The van der Waals surface area contributed by atoms with Crippen molar-refractivity contribution in [2.45, 2.75) is 32.1 Å². The number of aliphatic carboxylic acids is 1. The van der Waals surface area contributed by atoms with Gasteiger partial charge >= 0.3 is 5.97 Å². The molecule has 0 spiro atoms. The topological polar surface area (TPSA) is 50.2 Å². The Kier molecular flexibility index (Phi) is 4.29. The van der Waals surface area contributed by atoms with Gasteiger partial charge < -0.3 is 5.11 Å². The molecule has 0 radical (unpaired) electrons. The minimum absolute atomic E-state index is 0.272. The first kappa shape index (κ1) is 12.6. The van der Waals surface area contributed by atoms with Gasteiger partial charge in [-0.25, -0.2) is 0 Å². The van der Waals surface area contributed by atoms with E-state index in [1.54, 1.807) is 0 Å². The smallest absolute Gasteiger partial charge is 0.303 e. The van der Waals surface area contributed by atoms with E-state index in [2.05, 4.69) is 17.1 Å². The van der Waals surface area contributed by atoms with Crippen LogP contribution in [0, 0.1) is 0 Å². The molecule has 0 saturated heterocycles. The van der Waals surface area contributed by atoms with Gasteiger partial charge in [-0.05, 0) is 30.2 Å². The highest BCUT2D eigenvalue weighted by Crippen LogP contribution is 2.19. The summed E-state index contributed by atoms with van der Waals surface area (Å²) in [5, 5.41) is 11.0. The van der Waals surface area contributed by atoms with Crippen LogP contribution >= 0.6 is 0 Å². The first-order valence-electron chi connectivity index (χ1n) is 6.31. The summed E-state index contributed by atoms with van der Waals surface area (Å²) in [5.41, 5.74) is 1.25. The Morgan fingerprint density at radius 2 is 1.94 bits per heavy atom. The molecule has 94 valence electrons. The zero-order valence-electron chi connectivity index (χ0n) is 10.3. The molecule has 1 aromatic carbocycles. The molecule has 0 saturated carbocycles. The van der Waals surface area contributed by atoms with Crippen LogP contribution in [0.2, 0.25) is 0 Å². The maximum absolute atomic E-state index is 10.4. The highest BCUT2D eigenvalue weighted by atomic mass is 16.4. The molecule has 3 nitrogen and oxygen atoms in total. The lowest BCUT2D eigenvalue weighted by Gasteiger charge is -2.05. The lowest BCUT2D eigenvalue weighted by molar-refractivity contribution is -0.137. The zero-order chi connectivity index (χ0) is 12.8. The van der Waals surface area contributed by atoms with Crippen LogP contribution in [0.25, 0.3) is 10.8 Å². The Hall–Kier alpha value is -1.90. The molecular weight excluding hydrogens is 226 g/mol. The minimum Gasteiger partial charge on any atom is -0.481 e. The summed E-state index contributed by atoms with van der Waals surface area (Å²) in [5.74, 6) is -0.707. The summed E-state index contributed by atoms with van der Waals surface area (Å²) >= 11 is 0. The molecule has 0 aliphatic heterocycles. The number of pyridine rings is 1. The summed E-state index contributed by atoms with van der Waals surface area (Å²) in [4.78, 5) is 14.6. The molecule has 2 rings (SSSR count). The van der Waals surface area contributed by atoms with Crippen molar-refractivity contribution in [3.05, 3.63) is 42.2 Å². The molecule has 0 bridgehead atoms. The number of aromatic nitrogens is 1. The average molecular weight is 243 g/mol. The molecule has 0 atom stereocenters. The molecule has 0 fully saturated rings. The molecule has 0 aliphatic carbocycles. The fraction of sp³-hybridized carbons (Fsp3) is 0.333. The number of carboxylic acid groups (broad SMARTS) is 1. The van der Waals surface area contributed by atoms with E-state index in [-0.39, 0.29) is 6.42 Å². The standard InChI is InChI=1S/C15H17NO2/c17-15(18)9-3-1-2-6-12-10-16-11-13-7-4-5-8-14(12)13/h4-5,7-8,10-11H,1-3,6,9H2,(H,17,18). The second-order valence-corrected chi connectivity index (χ2v) is 4.47. The number of unbranched alkanes of at least 4 members (excludes halogenated alkanes) is 2. The predicted molar refractivity (Wildman–Crippen MR) is 71.6 cm³/mol. The number of rotatable bonds is 6. The Morgan fingerprint density at radius 3 is 2.78 bits per heavy atom. The van der Waals surface area contributed by atoms with Crippen molar-refractivity contribution in [1.82, 2.24) is 4.98 Å². The fourth-order valence-corrected chi connectivity index (χ4v) is 2.15. The van der Waals surface area contributed by atoms with Gasteiger partial charge in [0.15, 0.2) is 0 Å². The third-order valence-corrected chi connectivity index (χ3v) is 3.09. The number of hydrogen-bond acceptors (Lipinski definition) is 2. The van der Waals surface area contributed by atoms with Crippen molar-refractivity contribution in [2.24, 2.45) is 0 Å². The van der Waals surface area contributed by atoms with E-state index < -0.39 is 5.97 Å². The monoisotopic (exact) mass is 243 g/mol. The number of fused-ring (bicyclic) bond motifs is 1. The van der Waals surface area contributed by atoms with Crippen molar-refractivity contribution >= 4 is 16.7 Å². The first-order valence-corrected chi connectivity index (χ1v) is 6.31. The zero-order valence-corrected chi connectivity index (χ0v) is 10.3. The lowest BCUT2D eigenvalue weighted by Crippen LogP contribution is -1.95. The van der Waals surface area contributed by atoms with Crippen LogP contribution in [-0.4, -0.2) is 16.1 Å². The van der Waals surface area contributed by atoms with Gasteiger partial charge in [-0.1, -0.05) is 30.7 Å². The molecule has 2 aromatic rings. The SMILES string of the molecule is O=C(O)CCCCCc1cncc2ccccc12. The minimum atomic E-state index is -0.707. The lowest BCUT2D eigenvalue weighted by atomic mass is 10.0. The van der Waals surface area contributed by atoms with Gasteiger partial charge in [0.25, 0.3) is 0 Å². The quantitative estimate of drug-likeness (QED) is 0.791. The summed E-state index contributed by atoms with van der Waals surface area (Å²) in [6.07, 6.45) is 7.76. The highest BCUT2D eigenvalue weighted by molar-refractivity contribution is 5.84. The molecule has 0 amide bonds. The van der Waals surface area contributed by atoms with Crippen molar-refractivity contribution in [2.75, 3.05) is 0 Å². The Morgan fingerprint density at radius 1 is 1.11 bits per heavy atom. The van der Waals surface area contributed by atoms with Gasteiger partial charge in [0.1, 0.15) is 0 Å². The van der Waals surface area contributed by atoms with Crippen LogP contribution in [-0.2, 0) is 11.2 Å². The normalized spacial score (nSPS) is 10.7. The highest BCUT2D eigenvalue weighted by Gasteiger charge is 2.01. The maximum Gasteiger partial charge on any atom is 0.303 e. The number of nitrogens with zero attached hydrogens (tertiary/aromatic N) is 1. The number of carboxylic acids is 1. The molecule has 0 aliphatic rings. The summed E-state index contributed by atoms with van der Waals surface area (Å²) in [6, 6.07) is 8.23. The molecule has 18 heavy (non-hydrogen) atoms. The molecule has 1 aromatic heterocycles. The third-order valence-electron chi connectivity index (χ3n) is 3.09. The predicted octanol–water partition coefficient (Wildman–Crippen LogP) is 3.42. The second-order valence-electron chi connectivity index (χ2n) is 4.47. The molecular formula is C15H17NO2. The number of hydrogen-bond donors (Lipinski definition) is 1. The molecule has 0 unspecified atom stereocenters. The Balaban J connectivity index is 1.93. The van der Waals surface area contributed by atoms with Crippen LogP contribution in [0.3, 0.4) is 0 Å². The van der Waals surface area contributed by atoms with E-state index in [1.807, 2.05) is 24.5 Å². The Bertz CT molecular complexity index is 532. The summed E-state index contributed by atoms with van der Waals surface area (Å²) in [6.45, 7) is 0. The van der Waals surface area contributed by atoms with Crippen LogP contribution < -0.4 is 0 Å². The average Bonchev–Trinajstić information content (AvgIpc) is 2.38. The number of benzene rings is 1. The van der Waals surface area contributed by atoms with E-state index in [0.717, 1.165) is 25.7 Å². The van der Waals surface area contributed by atoms with Crippen molar-refractivity contribution in [3.63, 3.8) is 0 Å². The van der Waals surface area contributed by atoms with Gasteiger partial charge in [-0.15, -0.1) is 0 Å². The third kappa shape index (κ3) is 3.29. The summed E-state index contributed by atoms with van der Waals surface area (Å²) < 4.78 is 0. The van der Waals surface area contributed by atoms with E-state index >= 15 is 0 Å². The van der Waals surface area contributed by atoms with E-state index in [1.165, 1.54) is 16.3 Å². The van der Waals surface area contributed by atoms with Gasteiger partial charge in [-0.2, -0.15) is 0 Å². The fourth-order valence-electron chi connectivity index (χ4n) is 2.15. The van der Waals surface area contributed by atoms with Gasteiger partial charge in [0, 0.05) is 24.2 Å². The van der Waals surface area contributed by atoms with Crippen molar-refractivity contribution in [3.8, 4) is 0 Å². The molecule has 1 heterocycles.